The highest BCUT2D eigenvalue weighted by molar-refractivity contribution is 9.09. The van der Waals surface area contributed by atoms with Crippen LogP contribution in [-0.4, -0.2) is 17.8 Å². The number of alkyl halides is 1. The summed E-state index contributed by atoms with van der Waals surface area (Å²) in [6.07, 6.45) is 0. The molecule has 1 aliphatic heterocycles. The number of hydrogen-bond donors (Lipinski definition) is 0. The molecule has 0 bridgehead atoms. The topological polar surface area (TPSA) is 21.6 Å². The zero-order chi connectivity index (χ0) is 9.97. The van der Waals surface area contributed by atoms with Crippen molar-refractivity contribution in [3.8, 4) is 0 Å². The quantitative estimate of drug-likeness (QED) is 0.759. The van der Waals surface area contributed by atoms with Gasteiger partial charge in [0.2, 0.25) is 0 Å². The Labute approximate surface area is 96.1 Å². The van der Waals surface area contributed by atoms with Crippen molar-refractivity contribution >= 4 is 33.4 Å². The molecule has 74 valence electrons. The Balaban J connectivity index is 2.17. The van der Waals surface area contributed by atoms with Gasteiger partial charge in [-0.25, -0.2) is 4.99 Å². The highest BCUT2D eigenvalue weighted by Gasteiger charge is 2.19. The molecular weight excluding hydrogens is 265 g/mol. The van der Waals surface area contributed by atoms with Gasteiger partial charge in [0.05, 0.1) is 5.33 Å². The van der Waals surface area contributed by atoms with Crippen LogP contribution in [0.3, 0.4) is 0 Å². The number of benzene rings is 1. The van der Waals surface area contributed by atoms with Crippen molar-refractivity contribution in [2.45, 2.75) is 6.04 Å². The first-order chi connectivity index (χ1) is 6.79. The van der Waals surface area contributed by atoms with Crippen LogP contribution in [0, 0.1) is 0 Å². The molecule has 1 unspecified atom stereocenters. The summed E-state index contributed by atoms with van der Waals surface area (Å²) in [4.78, 5) is 4.41. The third-order valence-electron chi connectivity index (χ3n) is 2.08. The van der Waals surface area contributed by atoms with E-state index in [4.69, 9.17) is 16.3 Å². The van der Waals surface area contributed by atoms with Crippen molar-refractivity contribution in [2.24, 2.45) is 4.99 Å². The number of rotatable bonds is 2. The molecule has 1 atom stereocenters. The second-order valence-electron chi connectivity index (χ2n) is 3.03. The molecule has 2 rings (SSSR count). The number of ether oxygens (including phenoxy) is 1. The summed E-state index contributed by atoms with van der Waals surface area (Å²) in [5, 5.41) is 1.43. The van der Waals surface area contributed by atoms with E-state index in [1.165, 1.54) is 0 Å². The lowest BCUT2D eigenvalue weighted by atomic mass is 10.1. The van der Waals surface area contributed by atoms with Crippen molar-refractivity contribution in [1.29, 1.82) is 0 Å². The summed E-state index contributed by atoms with van der Waals surface area (Å²) >= 11 is 9.11. The molecule has 0 aliphatic carbocycles. The highest BCUT2D eigenvalue weighted by atomic mass is 79.9. The fourth-order valence-corrected chi connectivity index (χ4v) is 1.78. The van der Waals surface area contributed by atoms with E-state index < -0.39 is 0 Å². The molecule has 0 radical (unpaired) electrons. The molecule has 0 spiro atoms. The van der Waals surface area contributed by atoms with Crippen LogP contribution in [-0.2, 0) is 4.74 Å². The van der Waals surface area contributed by atoms with E-state index in [1.54, 1.807) is 0 Å². The summed E-state index contributed by atoms with van der Waals surface area (Å²) in [6, 6.07) is 7.84. The number of nitrogens with zero attached hydrogens (tertiary/aromatic N) is 1. The maximum absolute atomic E-state index is 5.80. The molecule has 14 heavy (non-hydrogen) atoms. The second-order valence-corrected chi connectivity index (χ2v) is 4.03. The van der Waals surface area contributed by atoms with Crippen LogP contribution in [0.5, 0.6) is 0 Å². The van der Waals surface area contributed by atoms with E-state index in [0.717, 1.165) is 16.5 Å². The minimum Gasteiger partial charge on any atom is -0.478 e. The van der Waals surface area contributed by atoms with Gasteiger partial charge >= 0.3 is 0 Å². The monoisotopic (exact) mass is 273 g/mol. The van der Waals surface area contributed by atoms with E-state index in [2.05, 4.69) is 20.9 Å². The van der Waals surface area contributed by atoms with Crippen LogP contribution < -0.4 is 0 Å². The smallest absolute Gasteiger partial charge is 0.194 e. The third kappa shape index (κ3) is 2.10. The summed E-state index contributed by atoms with van der Waals surface area (Å²) in [5.74, 6) is 0.768. The lowest BCUT2D eigenvalue weighted by molar-refractivity contribution is 0.318. The first-order valence-corrected chi connectivity index (χ1v) is 5.80. The Hall–Kier alpha value is -0.540. The Bertz CT molecular complexity index is 350. The molecule has 0 aromatic heterocycles. The molecule has 1 aromatic rings. The SMILES string of the molecule is Clc1ccc(C2COC(CBr)=N2)cc1. The first-order valence-electron chi connectivity index (χ1n) is 4.30. The molecule has 2 nitrogen and oxygen atoms in total. The van der Waals surface area contributed by atoms with Crippen molar-refractivity contribution in [3.05, 3.63) is 34.9 Å². The average Bonchev–Trinajstić information content (AvgIpc) is 2.67. The molecule has 0 N–H and O–H groups in total. The van der Waals surface area contributed by atoms with Gasteiger partial charge < -0.3 is 4.74 Å². The largest absolute Gasteiger partial charge is 0.478 e. The summed E-state index contributed by atoms with van der Waals surface area (Å²) in [6.45, 7) is 0.628. The lowest BCUT2D eigenvalue weighted by Crippen LogP contribution is -1.99. The van der Waals surface area contributed by atoms with Gasteiger partial charge in [0.25, 0.3) is 0 Å². The summed E-state index contributed by atoms with van der Waals surface area (Å²) in [5.41, 5.74) is 1.14. The van der Waals surface area contributed by atoms with Gasteiger partial charge in [0.1, 0.15) is 12.6 Å². The van der Waals surface area contributed by atoms with E-state index in [-0.39, 0.29) is 6.04 Å². The van der Waals surface area contributed by atoms with Gasteiger partial charge in [-0.1, -0.05) is 39.7 Å². The fourth-order valence-electron chi connectivity index (χ4n) is 1.35. The average molecular weight is 275 g/mol. The number of aliphatic imine (C=N–C) groups is 1. The van der Waals surface area contributed by atoms with Crippen LogP contribution in [0.4, 0.5) is 0 Å². The molecule has 1 aliphatic rings. The fraction of sp³-hybridized carbons (Fsp3) is 0.300. The Morgan fingerprint density at radius 3 is 2.71 bits per heavy atom. The van der Waals surface area contributed by atoms with Gasteiger partial charge in [0.15, 0.2) is 5.90 Å². The molecular formula is C10H9BrClNO. The predicted octanol–water partition coefficient (Wildman–Crippen LogP) is 3.20. The van der Waals surface area contributed by atoms with Crippen molar-refractivity contribution in [3.63, 3.8) is 0 Å². The predicted molar refractivity (Wildman–Crippen MR) is 61.4 cm³/mol. The standard InChI is InChI=1S/C10H9BrClNO/c11-5-10-13-9(6-14-10)7-1-3-8(12)4-2-7/h1-4,9H,5-6H2. The summed E-state index contributed by atoms with van der Waals surface area (Å²) in [7, 11) is 0. The number of hydrogen-bond acceptors (Lipinski definition) is 2. The van der Waals surface area contributed by atoms with Crippen LogP contribution in [0.2, 0.25) is 5.02 Å². The van der Waals surface area contributed by atoms with Gasteiger partial charge in [-0.05, 0) is 17.7 Å². The zero-order valence-electron chi connectivity index (χ0n) is 7.41. The second kappa shape index (κ2) is 4.32. The molecule has 1 heterocycles. The molecule has 0 amide bonds. The number of halogens is 2. The van der Waals surface area contributed by atoms with Crippen LogP contribution in [0.25, 0.3) is 0 Å². The van der Waals surface area contributed by atoms with Crippen LogP contribution in [0.1, 0.15) is 11.6 Å². The minimum atomic E-state index is 0.125. The third-order valence-corrected chi connectivity index (χ3v) is 2.81. The van der Waals surface area contributed by atoms with Gasteiger partial charge in [0, 0.05) is 5.02 Å². The van der Waals surface area contributed by atoms with E-state index in [9.17, 15) is 0 Å². The van der Waals surface area contributed by atoms with E-state index in [1.807, 2.05) is 24.3 Å². The Morgan fingerprint density at radius 1 is 1.43 bits per heavy atom. The highest BCUT2D eigenvalue weighted by Crippen LogP contribution is 2.24. The molecule has 0 saturated heterocycles. The molecule has 4 heteroatoms. The van der Waals surface area contributed by atoms with Crippen LogP contribution >= 0.6 is 27.5 Å². The molecule has 0 fully saturated rings. The van der Waals surface area contributed by atoms with Crippen molar-refractivity contribution < 1.29 is 4.74 Å². The van der Waals surface area contributed by atoms with E-state index >= 15 is 0 Å². The minimum absolute atomic E-state index is 0.125. The Morgan fingerprint density at radius 2 is 2.14 bits per heavy atom. The van der Waals surface area contributed by atoms with Gasteiger partial charge in [-0.15, -0.1) is 0 Å². The summed E-state index contributed by atoms with van der Waals surface area (Å²) < 4.78 is 5.37. The maximum Gasteiger partial charge on any atom is 0.194 e. The zero-order valence-corrected chi connectivity index (χ0v) is 9.75. The normalized spacial score (nSPS) is 20.4. The first kappa shape index (κ1) is 9.99. The van der Waals surface area contributed by atoms with Crippen molar-refractivity contribution in [1.82, 2.24) is 0 Å². The van der Waals surface area contributed by atoms with Crippen molar-refractivity contribution in [2.75, 3.05) is 11.9 Å². The maximum atomic E-state index is 5.80. The van der Waals surface area contributed by atoms with Gasteiger partial charge in [-0.3, -0.25) is 0 Å². The molecule has 1 aromatic carbocycles. The molecule has 0 saturated carbocycles. The van der Waals surface area contributed by atoms with Crippen LogP contribution in [0.15, 0.2) is 29.3 Å². The van der Waals surface area contributed by atoms with Gasteiger partial charge in [-0.2, -0.15) is 0 Å². The Kier molecular flexibility index (Phi) is 3.08. The van der Waals surface area contributed by atoms with E-state index in [0.29, 0.717) is 11.9 Å². The lowest BCUT2D eigenvalue weighted by Gasteiger charge is -2.04.